The molecular formula is C13H21N3O2S. The molecule has 1 atom stereocenters. The van der Waals surface area contributed by atoms with Crippen LogP contribution in [0.4, 0.5) is 0 Å². The lowest BCUT2D eigenvalue weighted by atomic mass is 10.2. The van der Waals surface area contributed by atoms with Crippen LogP contribution < -0.4 is 0 Å². The van der Waals surface area contributed by atoms with Crippen molar-refractivity contribution in [1.82, 2.24) is 14.8 Å². The highest BCUT2D eigenvalue weighted by atomic mass is 32.1. The molecule has 0 aliphatic carbocycles. The molecule has 0 radical (unpaired) electrons. The summed E-state index contributed by atoms with van der Waals surface area (Å²) in [5.41, 5.74) is 0.877. The molecule has 0 bridgehead atoms. The van der Waals surface area contributed by atoms with Gasteiger partial charge in [0, 0.05) is 31.1 Å². The molecule has 1 unspecified atom stereocenters. The number of thiazole rings is 1. The van der Waals surface area contributed by atoms with E-state index in [1.54, 1.807) is 0 Å². The molecule has 106 valence electrons. The number of carbonyl (C=O) groups is 1. The molecule has 2 heterocycles. The quantitative estimate of drug-likeness (QED) is 0.862. The summed E-state index contributed by atoms with van der Waals surface area (Å²) in [4.78, 5) is 19.8. The molecule has 19 heavy (non-hydrogen) atoms. The summed E-state index contributed by atoms with van der Waals surface area (Å²) < 4.78 is 0. The van der Waals surface area contributed by atoms with E-state index >= 15 is 0 Å². The second-order valence-corrected chi connectivity index (χ2v) is 5.71. The van der Waals surface area contributed by atoms with Gasteiger partial charge in [-0.15, -0.1) is 11.3 Å². The summed E-state index contributed by atoms with van der Waals surface area (Å²) in [6.45, 7) is 9.48. The number of hydrogen-bond acceptors (Lipinski definition) is 5. The summed E-state index contributed by atoms with van der Waals surface area (Å²) in [6, 6.07) is 0.632. The first-order valence-electron chi connectivity index (χ1n) is 6.78. The van der Waals surface area contributed by atoms with Crippen molar-refractivity contribution in [3.8, 4) is 0 Å². The molecule has 0 spiro atoms. The van der Waals surface area contributed by atoms with E-state index in [0.717, 1.165) is 38.4 Å². The number of rotatable bonds is 6. The van der Waals surface area contributed by atoms with Gasteiger partial charge in [0.05, 0.1) is 5.69 Å². The second-order valence-electron chi connectivity index (χ2n) is 4.85. The van der Waals surface area contributed by atoms with Gasteiger partial charge in [-0.2, -0.15) is 0 Å². The first-order chi connectivity index (χ1) is 9.13. The van der Waals surface area contributed by atoms with E-state index in [-0.39, 0.29) is 5.01 Å². The smallest absolute Gasteiger partial charge is 0.365 e. The monoisotopic (exact) mass is 283 g/mol. The van der Waals surface area contributed by atoms with Gasteiger partial charge >= 0.3 is 5.97 Å². The zero-order valence-corrected chi connectivity index (χ0v) is 12.3. The van der Waals surface area contributed by atoms with Crippen LogP contribution in [0.25, 0.3) is 0 Å². The van der Waals surface area contributed by atoms with Crippen LogP contribution >= 0.6 is 11.3 Å². The number of aromatic carboxylic acids is 1. The highest BCUT2D eigenvalue weighted by Gasteiger charge is 2.26. The van der Waals surface area contributed by atoms with E-state index in [4.69, 9.17) is 5.11 Å². The average molecular weight is 283 g/mol. The molecule has 1 aliphatic heterocycles. The van der Waals surface area contributed by atoms with E-state index < -0.39 is 5.97 Å². The minimum absolute atomic E-state index is 0.189. The maximum Gasteiger partial charge on any atom is 0.365 e. The van der Waals surface area contributed by atoms with Crippen molar-refractivity contribution in [2.75, 3.05) is 26.2 Å². The first kappa shape index (κ1) is 14.4. The zero-order chi connectivity index (χ0) is 13.8. The van der Waals surface area contributed by atoms with Crippen molar-refractivity contribution < 1.29 is 9.90 Å². The molecule has 1 N–H and O–H groups in total. The van der Waals surface area contributed by atoms with Gasteiger partial charge < -0.3 is 5.11 Å². The van der Waals surface area contributed by atoms with Crippen molar-refractivity contribution in [2.24, 2.45) is 0 Å². The van der Waals surface area contributed by atoms with Crippen LogP contribution in [0.2, 0.25) is 0 Å². The Morgan fingerprint density at radius 3 is 2.89 bits per heavy atom. The largest absolute Gasteiger partial charge is 0.476 e. The van der Waals surface area contributed by atoms with Gasteiger partial charge in [-0.1, -0.05) is 13.8 Å². The number of hydrogen-bond donors (Lipinski definition) is 1. The molecule has 1 aliphatic rings. The standard InChI is InChI=1S/C13H21N3O2S/c1-3-16(4-2)11-5-6-15(8-11)7-10-9-19-12(14-10)13(17)18/h9,11H,3-8H2,1-2H3,(H,17,18). The zero-order valence-electron chi connectivity index (χ0n) is 11.5. The van der Waals surface area contributed by atoms with Gasteiger partial charge in [0.2, 0.25) is 5.01 Å². The van der Waals surface area contributed by atoms with E-state index in [1.807, 2.05) is 5.38 Å². The van der Waals surface area contributed by atoms with Crippen molar-refractivity contribution in [3.63, 3.8) is 0 Å². The van der Waals surface area contributed by atoms with Crippen LogP contribution in [0.15, 0.2) is 5.38 Å². The molecule has 0 aromatic carbocycles. The predicted octanol–water partition coefficient (Wildman–Crippen LogP) is 1.76. The topological polar surface area (TPSA) is 56.7 Å². The number of aromatic nitrogens is 1. The van der Waals surface area contributed by atoms with Gasteiger partial charge in [0.15, 0.2) is 0 Å². The highest BCUT2D eigenvalue weighted by molar-refractivity contribution is 7.11. The van der Waals surface area contributed by atoms with E-state index in [2.05, 4.69) is 28.6 Å². The van der Waals surface area contributed by atoms with Gasteiger partial charge in [0.25, 0.3) is 0 Å². The maximum atomic E-state index is 10.8. The third-order valence-corrected chi connectivity index (χ3v) is 4.58. The van der Waals surface area contributed by atoms with Gasteiger partial charge in [-0.05, 0) is 19.5 Å². The maximum absolute atomic E-state index is 10.8. The Morgan fingerprint density at radius 2 is 2.32 bits per heavy atom. The van der Waals surface area contributed by atoms with Crippen LogP contribution in [0.5, 0.6) is 0 Å². The first-order valence-corrected chi connectivity index (χ1v) is 7.66. The number of likely N-dealkylation sites (N-methyl/N-ethyl adjacent to an activating group) is 1. The highest BCUT2D eigenvalue weighted by Crippen LogP contribution is 2.19. The Balaban J connectivity index is 1.89. The Kier molecular flexibility index (Phi) is 4.90. The van der Waals surface area contributed by atoms with Crippen molar-refractivity contribution >= 4 is 17.3 Å². The number of carboxylic acids is 1. The van der Waals surface area contributed by atoms with Gasteiger partial charge in [-0.3, -0.25) is 9.80 Å². The third-order valence-electron chi connectivity index (χ3n) is 3.70. The lowest BCUT2D eigenvalue weighted by Gasteiger charge is -2.26. The normalized spacial score (nSPS) is 20.3. The summed E-state index contributed by atoms with van der Waals surface area (Å²) in [6.07, 6.45) is 1.19. The summed E-state index contributed by atoms with van der Waals surface area (Å²) in [5.74, 6) is -0.932. The fourth-order valence-corrected chi connectivity index (χ4v) is 3.35. The summed E-state index contributed by atoms with van der Waals surface area (Å²) >= 11 is 1.21. The fraction of sp³-hybridized carbons (Fsp3) is 0.692. The average Bonchev–Trinajstić information content (AvgIpc) is 3.01. The molecule has 2 rings (SSSR count). The third kappa shape index (κ3) is 3.52. The number of nitrogens with zero attached hydrogens (tertiary/aromatic N) is 3. The Hall–Kier alpha value is -0.980. The number of carboxylic acid groups (broad SMARTS) is 1. The molecule has 1 aromatic heterocycles. The van der Waals surface area contributed by atoms with Crippen LogP contribution in [0.1, 0.15) is 35.8 Å². The molecule has 1 aromatic rings. The van der Waals surface area contributed by atoms with E-state index in [0.29, 0.717) is 6.04 Å². The molecule has 0 saturated carbocycles. The van der Waals surface area contributed by atoms with Gasteiger partial charge in [0.1, 0.15) is 0 Å². The Bertz CT molecular complexity index is 431. The SMILES string of the molecule is CCN(CC)C1CCN(Cc2csc(C(=O)O)n2)C1. The molecule has 5 nitrogen and oxygen atoms in total. The molecule has 6 heteroatoms. The Morgan fingerprint density at radius 1 is 1.58 bits per heavy atom. The number of likely N-dealkylation sites (tertiary alicyclic amines) is 1. The fourth-order valence-electron chi connectivity index (χ4n) is 2.70. The van der Waals surface area contributed by atoms with E-state index in [1.165, 1.54) is 17.8 Å². The summed E-state index contributed by atoms with van der Waals surface area (Å²) in [5, 5.41) is 10.9. The second kappa shape index (κ2) is 6.45. The molecule has 1 saturated heterocycles. The lowest BCUT2D eigenvalue weighted by molar-refractivity contribution is 0.0696. The minimum Gasteiger partial charge on any atom is -0.476 e. The minimum atomic E-state index is -0.932. The lowest BCUT2D eigenvalue weighted by Crippen LogP contribution is -2.37. The van der Waals surface area contributed by atoms with Crippen LogP contribution in [0.3, 0.4) is 0 Å². The predicted molar refractivity (Wildman–Crippen MR) is 75.7 cm³/mol. The van der Waals surface area contributed by atoms with E-state index in [9.17, 15) is 4.79 Å². The van der Waals surface area contributed by atoms with Crippen LogP contribution in [-0.4, -0.2) is 58.1 Å². The summed E-state index contributed by atoms with van der Waals surface area (Å²) in [7, 11) is 0. The van der Waals surface area contributed by atoms with Crippen molar-refractivity contribution in [2.45, 2.75) is 32.9 Å². The van der Waals surface area contributed by atoms with Crippen LogP contribution in [-0.2, 0) is 6.54 Å². The van der Waals surface area contributed by atoms with Crippen LogP contribution in [0, 0.1) is 0 Å². The molecule has 0 amide bonds. The molecule has 1 fully saturated rings. The van der Waals surface area contributed by atoms with Gasteiger partial charge in [-0.25, -0.2) is 9.78 Å². The Labute approximate surface area is 117 Å². The van der Waals surface area contributed by atoms with Crippen molar-refractivity contribution in [1.29, 1.82) is 0 Å². The van der Waals surface area contributed by atoms with Crippen molar-refractivity contribution in [3.05, 3.63) is 16.1 Å². The molecular weight excluding hydrogens is 262 g/mol.